The summed E-state index contributed by atoms with van der Waals surface area (Å²) in [4.78, 5) is 57.4. The van der Waals surface area contributed by atoms with Gasteiger partial charge >= 0.3 is 0 Å². The van der Waals surface area contributed by atoms with Crippen molar-refractivity contribution in [2.75, 3.05) is 0 Å². The molecule has 12 heteroatoms. The van der Waals surface area contributed by atoms with Crippen molar-refractivity contribution in [3.63, 3.8) is 0 Å². The largest absolute Gasteiger partial charge is 0.545 e. The van der Waals surface area contributed by atoms with Crippen LogP contribution < -0.4 is 0 Å². The first kappa shape index (κ1) is 38.5. The van der Waals surface area contributed by atoms with Gasteiger partial charge in [0.15, 0.2) is 0 Å². The van der Waals surface area contributed by atoms with Crippen LogP contribution in [0.2, 0.25) is 16.6 Å². The molecule has 9 nitrogen and oxygen atoms in total. The van der Waals surface area contributed by atoms with Gasteiger partial charge in [-0.2, -0.15) is 10.2 Å². The molecule has 2 aromatic rings. The second kappa shape index (κ2) is 14.3. The number of fused-ring (bicyclic) bond motifs is 3. The molecule has 0 spiro atoms. The summed E-state index contributed by atoms with van der Waals surface area (Å²) in [7, 11) is -6.01. The van der Waals surface area contributed by atoms with Crippen molar-refractivity contribution in [3.8, 4) is 0 Å². The molecule has 290 valence electrons. The summed E-state index contributed by atoms with van der Waals surface area (Å²) in [6.45, 7) is 16.9. The van der Waals surface area contributed by atoms with Crippen LogP contribution in [0.25, 0.3) is 0 Å². The molecule has 2 aromatic carbocycles. The van der Waals surface area contributed by atoms with E-state index in [4.69, 9.17) is 14.6 Å². The van der Waals surface area contributed by atoms with E-state index in [1.54, 1.807) is 33.8 Å². The monoisotopic (exact) mass is 796 g/mol. The highest BCUT2D eigenvalue weighted by Crippen LogP contribution is 2.84. The quantitative estimate of drug-likeness (QED) is 0.103. The van der Waals surface area contributed by atoms with Crippen molar-refractivity contribution in [3.05, 3.63) is 82.6 Å². The Labute approximate surface area is 329 Å². The Morgan fingerprint density at radius 1 is 0.655 bits per heavy atom. The molecule has 0 radical (unpaired) electrons. The first-order valence-corrected chi connectivity index (χ1v) is 25.0. The first-order valence-electron chi connectivity index (χ1n) is 20.2. The molecule has 4 bridgehead atoms. The zero-order valence-electron chi connectivity index (χ0n) is 33.4. The molecule has 7 aliphatic rings. The number of hydrazone groups is 2. The number of hydrogen-bond donors (Lipinski definition) is 0. The smallest absolute Gasteiger partial charge is 0.258 e. The Hall–Kier alpha value is -3.32. The average molecular weight is 797 g/mol. The van der Waals surface area contributed by atoms with Crippen LogP contribution in [0.1, 0.15) is 115 Å². The lowest BCUT2D eigenvalue weighted by molar-refractivity contribution is -0.124. The minimum atomic E-state index is -2.63. The first-order chi connectivity index (χ1) is 26.2. The fourth-order valence-electron chi connectivity index (χ4n) is 11.8. The Morgan fingerprint density at radius 3 is 1.35 bits per heavy atom. The normalized spacial score (nSPS) is 30.5. The fourth-order valence-corrected chi connectivity index (χ4v) is 25.2. The summed E-state index contributed by atoms with van der Waals surface area (Å²) >= 11 is 0. The molecule has 3 heterocycles. The molecule has 0 aromatic heterocycles. The lowest BCUT2D eigenvalue weighted by Gasteiger charge is -2.59. The summed E-state index contributed by atoms with van der Waals surface area (Å²) in [5.41, 5.74) is 0.827. The van der Waals surface area contributed by atoms with Gasteiger partial charge in [0, 0.05) is 30.4 Å². The zero-order valence-corrected chi connectivity index (χ0v) is 36.1. The SMILES string of the molecule is CC(=O)N1N=C(C(=O)c2ccccc2)[C@H]2[C@@H]3C(C(=O)c4ccccc4)=NN(C(C)=O)P3C(=C(O[Si](C(C)C)(C(C)C)C(C)C)C34CC5CC(CC(C5)C3)C4)P21. The molecule has 4 saturated carbocycles. The number of benzene rings is 2. The lowest BCUT2D eigenvalue weighted by Crippen LogP contribution is -2.53. The number of nitrogens with zero attached hydrogens (tertiary/aromatic N) is 4. The minimum Gasteiger partial charge on any atom is -0.545 e. The van der Waals surface area contributed by atoms with E-state index < -0.39 is 35.8 Å². The van der Waals surface area contributed by atoms with Crippen LogP contribution in [0.15, 0.2) is 81.7 Å². The van der Waals surface area contributed by atoms with E-state index in [0.29, 0.717) is 28.9 Å². The van der Waals surface area contributed by atoms with Crippen molar-refractivity contribution < 1.29 is 23.6 Å². The van der Waals surface area contributed by atoms with Crippen LogP contribution in [0.5, 0.6) is 0 Å². The Morgan fingerprint density at radius 2 is 1.02 bits per heavy atom. The van der Waals surface area contributed by atoms with E-state index in [1.165, 1.54) is 33.1 Å². The maximum atomic E-state index is 14.7. The molecular formula is C43H54N4O5P2Si. The van der Waals surface area contributed by atoms with E-state index >= 15 is 0 Å². The van der Waals surface area contributed by atoms with Crippen LogP contribution in [-0.4, -0.2) is 64.0 Å². The van der Waals surface area contributed by atoms with Gasteiger partial charge < -0.3 is 4.43 Å². The van der Waals surface area contributed by atoms with E-state index in [-0.39, 0.29) is 56.8 Å². The van der Waals surface area contributed by atoms with Gasteiger partial charge in [0.2, 0.25) is 23.4 Å². The van der Waals surface area contributed by atoms with E-state index in [1.807, 2.05) is 36.4 Å². The second-order valence-corrected chi connectivity index (χ2v) is 27.7. The minimum absolute atomic E-state index is 0.256. The number of allylic oxidation sites excluding steroid dienone is 1. The summed E-state index contributed by atoms with van der Waals surface area (Å²) in [6, 6.07) is 18.1. The van der Waals surface area contributed by atoms with Gasteiger partial charge in [-0.05, 0) is 72.9 Å². The van der Waals surface area contributed by atoms with Gasteiger partial charge in [0.05, 0.1) is 38.3 Å². The molecule has 4 aliphatic carbocycles. The van der Waals surface area contributed by atoms with Crippen molar-refractivity contribution in [2.24, 2.45) is 33.4 Å². The third kappa shape index (κ3) is 6.07. The summed E-state index contributed by atoms with van der Waals surface area (Å²) in [6.07, 6.45) is 6.79. The van der Waals surface area contributed by atoms with Crippen molar-refractivity contribution in [1.82, 2.24) is 9.56 Å². The molecule has 2 amide bonds. The molecule has 0 N–H and O–H groups in total. The highest BCUT2D eigenvalue weighted by molar-refractivity contribution is 7.86. The van der Waals surface area contributed by atoms with Crippen LogP contribution in [0.3, 0.4) is 0 Å². The summed E-state index contributed by atoms with van der Waals surface area (Å²) in [5.74, 6) is 1.75. The van der Waals surface area contributed by atoms with Crippen LogP contribution in [0.4, 0.5) is 0 Å². The topological polar surface area (TPSA) is 109 Å². The predicted molar refractivity (Wildman–Crippen MR) is 223 cm³/mol. The second-order valence-electron chi connectivity index (χ2n) is 17.8. The number of Topliss-reactive ketones (excluding diaryl/α,β-unsaturated/α-hetero) is 2. The van der Waals surface area contributed by atoms with Crippen LogP contribution >= 0.6 is 16.1 Å². The number of ketones is 2. The third-order valence-electron chi connectivity index (χ3n) is 13.4. The molecule has 5 fully saturated rings. The predicted octanol–water partition coefficient (Wildman–Crippen LogP) is 10.3. The van der Waals surface area contributed by atoms with E-state index in [0.717, 1.165) is 30.1 Å². The number of hydrogen-bond acceptors (Lipinski definition) is 7. The number of carbonyl (C=O) groups is 4. The molecule has 4 atom stereocenters. The van der Waals surface area contributed by atoms with Gasteiger partial charge in [-0.25, -0.2) is 9.56 Å². The van der Waals surface area contributed by atoms with Crippen molar-refractivity contribution in [2.45, 2.75) is 122 Å². The fraction of sp³-hybridized carbons (Fsp3) is 0.535. The molecule has 1 saturated heterocycles. The number of rotatable bonds is 10. The highest BCUT2D eigenvalue weighted by atomic mass is 31.2. The van der Waals surface area contributed by atoms with Gasteiger partial charge in [0.1, 0.15) is 11.4 Å². The third-order valence-corrected chi connectivity index (χ3v) is 25.9. The van der Waals surface area contributed by atoms with E-state index in [2.05, 4.69) is 41.5 Å². The van der Waals surface area contributed by atoms with Crippen molar-refractivity contribution >= 4 is 59.3 Å². The van der Waals surface area contributed by atoms with Gasteiger partial charge in [0.25, 0.3) is 8.32 Å². The summed E-state index contributed by atoms with van der Waals surface area (Å²) in [5, 5.41) is 10.9. The van der Waals surface area contributed by atoms with Gasteiger partial charge in [-0.1, -0.05) is 102 Å². The molecule has 2 unspecified atom stereocenters. The molecule has 3 aliphatic heterocycles. The maximum Gasteiger partial charge on any atom is 0.258 e. The standard InChI is InChI=1S/C43H54N4O5P2Si/c1-25(2)55(26(3)4,27(5)6)52-41(43-22-30-19-31(23-43)21-32(20-30)24-43)42-53-39(35(44-46(53)28(7)48)37(50)33-15-11-9-12-16-33)40-36(45-47(29(8)49)54(40)42)38(51)34-17-13-10-14-18-34/h9-18,25-27,30-32,39-40H,19-24H2,1-8H3/t30?,31?,32?,39-,40-,43?,53?,54?/m0/s1. The number of amides is 2. The molecular weight excluding hydrogens is 743 g/mol. The Balaban J connectivity index is 1.43. The average Bonchev–Trinajstić information content (AvgIpc) is 3.81. The Bertz CT molecular complexity index is 1860. The van der Waals surface area contributed by atoms with Crippen LogP contribution in [-0.2, 0) is 14.0 Å². The highest BCUT2D eigenvalue weighted by Gasteiger charge is 2.68. The molecule has 55 heavy (non-hydrogen) atoms. The lowest BCUT2D eigenvalue weighted by atomic mass is 9.49. The maximum absolute atomic E-state index is 14.7. The number of carbonyl (C=O) groups excluding carboxylic acids is 4. The van der Waals surface area contributed by atoms with Crippen LogP contribution in [0, 0.1) is 23.2 Å². The zero-order chi connectivity index (χ0) is 39.1. The molecule has 9 rings (SSSR count). The Kier molecular flexibility index (Phi) is 9.99. The van der Waals surface area contributed by atoms with Gasteiger partial charge in [-0.15, -0.1) is 0 Å². The summed E-state index contributed by atoms with van der Waals surface area (Å²) < 4.78 is 11.3. The van der Waals surface area contributed by atoms with Gasteiger partial charge in [-0.3, -0.25) is 19.2 Å². The van der Waals surface area contributed by atoms with E-state index in [9.17, 15) is 19.2 Å². The van der Waals surface area contributed by atoms with Crippen molar-refractivity contribution in [1.29, 1.82) is 0 Å².